The fraction of sp³-hybridized carbons (Fsp3) is 0.941. The standard InChI is InChI=1S/C17H36N2O2/c1-5-7-8-9-10-11-13-21-15(3)14-17(4,16(18)20)19-12-6-2/h15,19H,5-14H2,1-4H3,(H2,18,20). The lowest BCUT2D eigenvalue weighted by Gasteiger charge is -2.30. The summed E-state index contributed by atoms with van der Waals surface area (Å²) in [6.07, 6.45) is 9.21. The van der Waals surface area contributed by atoms with Gasteiger partial charge in [-0.3, -0.25) is 4.79 Å². The molecule has 2 atom stereocenters. The number of carbonyl (C=O) groups excluding carboxylic acids is 1. The molecular formula is C17H36N2O2. The molecule has 0 aliphatic heterocycles. The Kier molecular flexibility index (Phi) is 11.6. The molecule has 0 fully saturated rings. The van der Waals surface area contributed by atoms with Crippen LogP contribution in [0.15, 0.2) is 0 Å². The summed E-state index contributed by atoms with van der Waals surface area (Å²) in [6, 6.07) is 0. The molecule has 0 bridgehead atoms. The quantitative estimate of drug-likeness (QED) is 0.483. The zero-order valence-electron chi connectivity index (χ0n) is 14.5. The Bertz CT molecular complexity index is 272. The molecule has 0 aliphatic carbocycles. The van der Waals surface area contributed by atoms with E-state index >= 15 is 0 Å². The average Bonchev–Trinajstić information content (AvgIpc) is 2.44. The number of hydrogen-bond acceptors (Lipinski definition) is 3. The van der Waals surface area contributed by atoms with Crippen molar-refractivity contribution in [2.45, 2.75) is 90.7 Å². The molecule has 4 nitrogen and oxygen atoms in total. The predicted molar refractivity (Wildman–Crippen MR) is 89.3 cm³/mol. The Morgan fingerprint density at radius 1 is 1.14 bits per heavy atom. The highest BCUT2D eigenvalue weighted by Gasteiger charge is 2.32. The molecule has 0 saturated carbocycles. The van der Waals surface area contributed by atoms with Crippen LogP contribution in [0, 0.1) is 0 Å². The highest BCUT2D eigenvalue weighted by atomic mass is 16.5. The third-order valence-corrected chi connectivity index (χ3v) is 3.90. The van der Waals surface area contributed by atoms with Gasteiger partial charge in [0.25, 0.3) is 0 Å². The van der Waals surface area contributed by atoms with Crippen molar-refractivity contribution in [1.29, 1.82) is 0 Å². The first-order valence-corrected chi connectivity index (χ1v) is 8.62. The summed E-state index contributed by atoms with van der Waals surface area (Å²) in [4.78, 5) is 11.6. The second-order valence-electron chi connectivity index (χ2n) is 6.28. The molecule has 1 amide bonds. The molecule has 21 heavy (non-hydrogen) atoms. The van der Waals surface area contributed by atoms with Crippen LogP contribution in [-0.2, 0) is 9.53 Å². The highest BCUT2D eigenvalue weighted by Crippen LogP contribution is 2.15. The average molecular weight is 300 g/mol. The third-order valence-electron chi connectivity index (χ3n) is 3.90. The smallest absolute Gasteiger partial charge is 0.237 e. The Balaban J connectivity index is 3.88. The number of rotatable bonds is 14. The molecule has 0 aromatic heterocycles. The number of hydrogen-bond donors (Lipinski definition) is 2. The number of nitrogens with one attached hydrogen (secondary N) is 1. The van der Waals surface area contributed by atoms with E-state index in [1.54, 1.807) is 0 Å². The van der Waals surface area contributed by atoms with Crippen molar-refractivity contribution in [3.05, 3.63) is 0 Å². The summed E-state index contributed by atoms with van der Waals surface area (Å²) in [7, 11) is 0. The Labute approximate surface area is 131 Å². The van der Waals surface area contributed by atoms with Gasteiger partial charge in [0.15, 0.2) is 0 Å². The number of nitrogens with two attached hydrogens (primary N) is 1. The van der Waals surface area contributed by atoms with Crippen LogP contribution in [0.4, 0.5) is 0 Å². The van der Waals surface area contributed by atoms with E-state index in [0.717, 1.165) is 26.0 Å². The highest BCUT2D eigenvalue weighted by molar-refractivity contribution is 5.84. The van der Waals surface area contributed by atoms with E-state index in [0.29, 0.717) is 6.42 Å². The van der Waals surface area contributed by atoms with Crippen molar-refractivity contribution in [3.8, 4) is 0 Å². The predicted octanol–water partition coefficient (Wildman–Crippen LogP) is 3.39. The van der Waals surface area contributed by atoms with Crippen molar-refractivity contribution in [3.63, 3.8) is 0 Å². The maximum atomic E-state index is 11.6. The fourth-order valence-corrected chi connectivity index (χ4v) is 2.46. The van der Waals surface area contributed by atoms with Gasteiger partial charge in [-0.2, -0.15) is 0 Å². The number of primary amides is 1. The number of ether oxygens (including phenoxy) is 1. The minimum Gasteiger partial charge on any atom is -0.378 e. The van der Waals surface area contributed by atoms with Crippen molar-refractivity contribution in [1.82, 2.24) is 5.32 Å². The Morgan fingerprint density at radius 2 is 1.76 bits per heavy atom. The van der Waals surface area contributed by atoms with Crippen LogP contribution in [0.3, 0.4) is 0 Å². The summed E-state index contributed by atoms with van der Waals surface area (Å²) >= 11 is 0. The van der Waals surface area contributed by atoms with E-state index in [4.69, 9.17) is 10.5 Å². The van der Waals surface area contributed by atoms with Crippen molar-refractivity contribution in [2.24, 2.45) is 5.73 Å². The zero-order chi connectivity index (χ0) is 16.1. The van der Waals surface area contributed by atoms with Gasteiger partial charge in [-0.25, -0.2) is 0 Å². The molecular weight excluding hydrogens is 264 g/mol. The largest absolute Gasteiger partial charge is 0.378 e. The molecule has 126 valence electrons. The number of amides is 1. The van der Waals surface area contributed by atoms with Gasteiger partial charge in [0, 0.05) is 13.0 Å². The van der Waals surface area contributed by atoms with Crippen molar-refractivity contribution in [2.75, 3.05) is 13.2 Å². The zero-order valence-corrected chi connectivity index (χ0v) is 14.5. The molecule has 0 rings (SSSR count). The first-order chi connectivity index (χ1) is 9.96. The van der Waals surface area contributed by atoms with E-state index in [9.17, 15) is 4.79 Å². The lowest BCUT2D eigenvalue weighted by molar-refractivity contribution is -0.125. The van der Waals surface area contributed by atoms with Crippen LogP contribution in [0.5, 0.6) is 0 Å². The second kappa shape index (κ2) is 12.0. The molecule has 2 unspecified atom stereocenters. The number of carbonyl (C=O) groups is 1. The lowest BCUT2D eigenvalue weighted by atomic mass is 9.93. The van der Waals surface area contributed by atoms with E-state index in [1.165, 1.54) is 32.1 Å². The molecule has 0 aromatic rings. The van der Waals surface area contributed by atoms with Crippen LogP contribution in [-0.4, -0.2) is 30.7 Å². The van der Waals surface area contributed by atoms with Gasteiger partial charge < -0.3 is 15.8 Å². The second-order valence-corrected chi connectivity index (χ2v) is 6.28. The summed E-state index contributed by atoms with van der Waals surface area (Å²) in [5.41, 5.74) is 4.86. The van der Waals surface area contributed by atoms with Crippen LogP contribution < -0.4 is 11.1 Å². The van der Waals surface area contributed by atoms with E-state index < -0.39 is 5.54 Å². The minimum absolute atomic E-state index is 0.0440. The molecule has 0 spiro atoms. The van der Waals surface area contributed by atoms with Gasteiger partial charge >= 0.3 is 0 Å². The molecule has 3 N–H and O–H groups in total. The monoisotopic (exact) mass is 300 g/mol. The SMILES string of the molecule is CCCCCCCCOC(C)CC(C)(NCCC)C(N)=O. The molecule has 0 saturated heterocycles. The summed E-state index contributed by atoms with van der Waals surface area (Å²) in [5.74, 6) is -0.300. The maximum absolute atomic E-state index is 11.6. The molecule has 0 heterocycles. The number of unbranched alkanes of at least 4 members (excludes halogenated alkanes) is 5. The van der Waals surface area contributed by atoms with Gasteiger partial charge in [-0.1, -0.05) is 46.0 Å². The maximum Gasteiger partial charge on any atom is 0.237 e. The Morgan fingerprint density at radius 3 is 2.33 bits per heavy atom. The van der Waals surface area contributed by atoms with E-state index in [-0.39, 0.29) is 12.0 Å². The summed E-state index contributed by atoms with van der Waals surface area (Å²) in [6.45, 7) is 9.76. The van der Waals surface area contributed by atoms with Crippen LogP contribution >= 0.6 is 0 Å². The first-order valence-electron chi connectivity index (χ1n) is 8.62. The normalized spacial score (nSPS) is 15.6. The molecule has 4 heteroatoms. The van der Waals surface area contributed by atoms with Gasteiger partial charge in [0.1, 0.15) is 0 Å². The van der Waals surface area contributed by atoms with Crippen LogP contribution in [0.2, 0.25) is 0 Å². The van der Waals surface area contributed by atoms with E-state index in [2.05, 4.69) is 19.2 Å². The molecule has 0 aliphatic rings. The van der Waals surface area contributed by atoms with Gasteiger partial charge in [0.05, 0.1) is 11.6 Å². The summed E-state index contributed by atoms with van der Waals surface area (Å²) in [5, 5.41) is 3.25. The van der Waals surface area contributed by atoms with Gasteiger partial charge in [-0.05, 0) is 33.2 Å². The van der Waals surface area contributed by atoms with Gasteiger partial charge in [0.2, 0.25) is 5.91 Å². The molecule has 0 radical (unpaired) electrons. The Hall–Kier alpha value is -0.610. The van der Waals surface area contributed by atoms with Crippen LogP contribution in [0.25, 0.3) is 0 Å². The lowest BCUT2D eigenvalue weighted by Crippen LogP contribution is -2.55. The van der Waals surface area contributed by atoms with Crippen molar-refractivity contribution >= 4 is 5.91 Å². The van der Waals surface area contributed by atoms with Crippen LogP contribution in [0.1, 0.15) is 79.1 Å². The summed E-state index contributed by atoms with van der Waals surface area (Å²) < 4.78 is 5.83. The van der Waals surface area contributed by atoms with E-state index in [1.807, 2.05) is 13.8 Å². The fourth-order valence-electron chi connectivity index (χ4n) is 2.46. The topological polar surface area (TPSA) is 64.3 Å². The van der Waals surface area contributed by atoms with Gasteiger partial charge in [-0.15, -0.1) is 0 Å². The molecule has 0 aromatic carbocycles. The first kappa shape index (κ1) is 20.4. The third kappa shape index (κ3) is 9.86. The minimum atomic E-state index is -0.670. The van der Waals surface area contributed by atoms with Crippen molar-refractivity contribution < 1.29 is 9.53 Å².